The predicted octanol–water partition coefficient (Wildman–Crippen LogP) is 3.89. The average molecular weight is 334 g/mol. The Morgan fingerprint density at radius 2 is 2.09 bits per heavy atom. The van der Waals surface area contributed by atoms with Crippen LogP contribution in [0.1, 0.15) is 20.8 Å². The largest absolute Gasteiger partial charge is 0.497 e. The summed E-state index contributed by atoms with van der Waals surface area (Å²) in [5.41, 5.74) is 0.652. The zero-order valence-corrected chi connectivity index (χ0v) is 14.7. The summed E-state index contributed by atoms with van der Waals surface area (Å²) >= 11 is 1.79. The minimum atomic E-state index is -0.442. The molecule has 6 heteroatoms. The number of hydrogen-bond acceptors (Lipinski definition) is 4. The number of likely N-dealkylation sites (tertiary alicyclic amines) is 1. The summed E-state index contributed by atoms with van der Waals surface area (Å²) in [7, 11) is 1.67. The molecule has 1 aliphatic rings. The van der Waals surface area contributed by atoms with Crippen molar-refractivity contribution in [3.63, 3.8) is 0 Å². The SMILES string of the molecule is COc1ccc2[nH]cc(SC3CN(C(=O)OC(C)(C)C)C3)c2c1. The fraction of sp³-hybridized carbons (Fsp3) is 0.471. The number of ether oxygens (including phenoxy) is 2. The quantitative estimate of drug-likeness (QED) is 0.925. The van der Waals surface area contributed by atoms with Crippen LogP contribution < -0.4 is 4.74 Å². The van der Waals surface area contributed by atoms with Gasteiger partial charge in [-0.2, -0.15) is 0 Å². The third-order valence-electron chi connectivity index (χ3n) is 3.64. The van der Waals surface area contributed by atoms with Gasteiger partial charge >= 0.3 is 6.09 Å². The first-order valence-electron chi connectivity index (χ1n) is 7.65. The molecule has 0 spiro atoms. The zero-order valence-electron chi connectivity index (χ0n) is 13.9. The molecule has 1 aliphatic heterocycles. The van der Waals surface area contributed by atoms with Crippen LogP contribution in [0, 0.1) is 0 Å². The second-order valence-electron chi connectivity index (χ2n) is 6.69. The minimum absolute atomic E-state index is 0.227. The molecule has 0 saturated carbocycles. The molecule has 1 aromatic carbocycles. The third-order valence-corrected chi connectivity index (χ3v) is 4.87. The smallest absolute Gasteiger partial charge is 0.410 e. The van der Waals surface area contributed by atoms with Gasteiger partial charge in [0, 0.05) is 40.3 Å². The summed E-state index contributed by atoms with van der Waals surface area (Å²) in [5.74, 6) is 0.850. The molecule has 0 aliphatic carbocycles. The lowest BCUT2D eigenvalue weighted by Crippen LogP contribution is -2.53. The number of carbonyl (C=O) groups is 1. The van der Waals surface area contributed by atoms with Crippen molar-refractivity contribution in [3.8, 4) is 5.75 Å². The fourth-order valence-electron chi connectivity index (χ4n) is 2.47. The van der Waals surface area contributed by atoms with E-state index in [4.69, 9.17) is 9.47 Å². The van der Waals surface area contributed by atoms with Crippen molar-refractivity contribution in [1.82, 2.24) is 9.88 Å². The number of thioether (sulfide) groups is 1. The molecule has 1 fully saturated rings. The topological polar surface area (TPSA) is 54.6 Å². The van der Waals surface area contributed by atoms with Crippen molar-refractivity contribution in [1.29, 1.82) is 0 Å². The van der Waals surface area contributed by atoms with Crippen LogP contribution in [0.5, 0.6) is 5.75 Å². The lowest BCUT2D eigenvalue weighted by Gasteiger charge is -2.39. The Kier molecular flexibility index (Phi) is 4.19. The van der Waals surface area contributed by atoms with Crippen LogP contribution in [0.15, 0.2) is 29.3 Å². The van der Waals surface area contributed by atoms with E-state index in [2.05, 4.69) is 4.98 Å². The molecular weight excluding hydrogens is 312 g/mol. The lowest BCUT2D eigenvalue weighted by molar-refractivity contribution is 0.0144. The maximum atomic E-state index is 12.0. The van der Waals surface area contributed by atoms with Crippen molar-refractivity contribution in [2.45, 2.75) is 36.5 Å². The number of benzene rings is 1. The zero-order chi connectivity index (χ0) is 16.6. The summed E-state index contributed by atoms with van der Waals surface area (Å²) in [6.07, 6.45) is 1.79. The Labute approximate surface area is 140 Å². The molecule has 23 heavy (non-hydrogen) atoms. The highest BCUT2D eigenvalue weighted by Gasteiger charge is 2.34. The van der Waals surface area contributed by atoms with E-state index in [1.807, 2.05) is 45.2 Å². The van der Waals surface area contributed by atoms with Gasteiger partial charge in [-0.05, 0) is 39.0 Å². The number of nitrogens with one attached hydrogen (secondary N) is 1. The van der Waals surface area contributed by atoms with E-state index in [1.54, 1.807) is 23.8 Å². The highest BCUT2D eigenvalue weighted by Crippen LogP contribution is 2.36. The number of H-pyrrole nitrogens is 1. The predicted molar refractivity (Wildman–Crippen MR) is 92.3 cm³/mol. The molecular formula is C17H22N2O3S. The van der Waals surface area contributed by atoms with E-state index in [9.17, 15) is 4.79 Å². The Balaban J connectivity index is 1.61. The van der Waals surface area contributed by atoms with Gasteiger partial charge in [0.1, 0.15) is 11.4 Å². The fourth-order valence-corrected chi connectivity index (χ4v) is 3.76. The summed E-state index contributed by atoms with van der Waals surface area (Å²) in [6, 6.07) is 6.01. The van der Waals surface area contributed by atoms with Crippen LogP contribution in [-0.2, 0) is 4.74 Å². The molecule has 2 heterocycles. The summed E-state index contributed by atoms with van der Waals surface area (Å²) in [4.78, 5) is 18.2. The van der Waals surface area contributed by atoms with E-state index in [0.29, 0.717) is 5.25 Å². The third kappa shape index (κ3) is 3.58. The van der Waals surface area contributed by atoms with Gasteiger partial charge in [0.2, 0.25) is 0 Å². The van der Waals surface area contributed by atoms with E-state index in [-0.39, 0.29) is 6.09 Å². The maximum absolute atomic E-state index is 12.0. The molecule has 1 N–H and O–H groups in total. The monoisotopic (exact) mass is 334 g/mol. The van der Waals surface area contributed by atoms with Crippen molar-refractivity contribution >= 4 is 28.8 Å². The lowest BCUT2D eigenvalue weighted by atomic mass is 10.2. The van der Waals surface area contributed by atoms with Crippen LogP contribution in [0.3, 0.4) is 0 Å². The normalized spacial score (nSPS) is 15.6. The van der Waals surface area contributed by atoms with Crippen molar-refractivity contribution in [3.05, 3.63) is 24.4 Å². The standard InChI is InChI=1S/C17H22N2O3S/c1-17(2,3)22-16(20)19-9-12(10-19)23-15-8-18-14-6-5-11(21-4)7-13(14)15/h5-8,12,18H,9-10H2,1-4H3. The van der Waals surface area contributed by atoms with Gasteiger partial charge in [0.25, 0.3) is 0 Å². The van der Waals surface area contributed by atoms with E-state index in [0.717, 1.165) is 29.7 Å². The van der Waals surface area contributed by atoms with Gasteiger partial charge in [-0.3, -0.25) is 0 Å². The first-order valence-corrected chi connectivity index (χ1v) is 8.53. The minimum Gasteiger partial charge on any atom is -0.497 e. The number of fused-ring (bicyclic) bond motifs is 1. The van der Waals surface area contributed by atoms with Gasteiger partial charge in [-0.15, -0.1) is 11.8 Å². The van der Waals surface area contributed by atoms with Crippen molar-refractivity contribution in [2.75, 3.05) is 20.2 Å². The van der Waals surface area contributed by atoms with E-state index in [1.165, 1.54) is 4.90 Å². The van der Waals surface area contributed by atoms with Crippen LogP contribution >= 0.6 is 11.8 Å². The van der Waals surface area contributed by atoms with Gasteiger partial charge < -0.3 is 19.4 Å². The Hall–Kier alpha value is -1.82. The van der Waals surface area contributed by atoms with E-state index < -0.39 is 5.60 Å². The molecule has 0 bridgehead atoms. The van der Waals surface area contributed by atoms with Gasteiger partial charge in [0.15, 0.2) is 0 Å². The number of aromatic amines is 1. The Morgan fingerprint density at radius 3 is 2.74 bits per heavy atom. The summed E-state index contributed by atoms with van der Waals surface area (Å²) < 4.78 is 10.7. The molecule has 1 saturated heterocycles. The molecule has 1 amide bonds. The van der Waals surface area contributed by atoms with Crippen LogP contribution in [0.4, 0.5) is 4.79 Å². The second kappa shape index (κ2) is 6.00. The number of methoxy groups -OCH3 is 1. The molecule has 5 nitrogen and oxygen atoms in total. The summed E-state index contributed by atoms with van der Waals surface area (Å²) in [5, 5.41) is 1.55. The van der Waals surface area contributed by atoms with Crippen LogP contribution in [-0.4, -0.2) is 47.0 Å². The average Bonchev–Trinajstić information content (AvgIpc) is 2.82. The van der Waals surface area contributed by atoms with E-state index >= 15 is 0 Å². The first-order chi connectivity index (χ1) is 10.9. The number of nitrogens with zero attached hydrogens (tertiary/aromatic N) is 1. The van der Waals surface area contributed by atoms with Gasteiger partial charge in [-0.25, -0.2) is 4.79 Å². The van der Waals surface area contributed by atoms with Crippen LogP contribution in [0.2, 0.25) is 0 Å². The van der Waals surface area contributed by atoms with Gasteiger partial charge in [0.05, 0.1) is 7.11 Å². The Bertz CT molecular complexity index is 714. The molecule has 124 valence electrons. The van der Waals surface area contributed by atoms with Crippen LogP contribution in [0.25, 0.3) is 10.9 Å². The molecule has 0 atom stereocenters. The molecule has 1 aromatic heterocycles. The first kappa shape index (κ1) is 16.1. The number of rotatable bonds is 3. The maximum Gasteiger partial charge on any atom is 0.410 e. The number of hydrogen-bond donors (Lipinski definition) is 1. The van der Waals surface area contributed by atoms with Gasteiger partial charge in [-0.1, -0.05) is 0 Å². The molecule has 0 radical (unpaired) electrons. The second-order valence-corrected chi connectivity index (χ2v) is 8.03. The molecule has 0 unspecified atom stereocenters. The number of aromatic nitrogens is 1. The summed E-state index contributed by atoms with van der Waals surface area (Å²) in [6.45, 7) is 7.09. The highest BCUT2D eigenvalue weighted by atomic mass is 32.2. The number of carbonyl (C=O) groups excluding carboxylic acids is 1. The Morgan fingerprint density at radius 1 is 1.35 bits per heavy atom. The van der Waals surface area contributed by atoms with Crippen molar-refractivity contribution in [2.24, 2.45) is 0 Å². The number of amides is 1. The molecule has 2 aromatic rings. The van der Waals surface area contributed by atoms with Crippen molar-refractivity contribution < 1.29 is 14.3 Å². The molecule has 3 rings (SSSR count). The highest BCUT2D eigenvalue weighted by molar-refractivity contribution is 8.00.